The fourth-order valence-corrected chi connectivity index (χ4v) is 2.80. The Bertz CT molecular complexity index is 747. The van der Waals surface area contributed by atoms with Gasteiger partial charge in [0.2, 0.25) is 0 Å². The fraction of sp³-hybridized carbons (Fsp3) is 0.278. The molecule has 0 amide bonds. The predicted molar refractivity (Wildman–Crippen MR) is 83.4 cm³/mol. The molecule has 0 radical (unpaired) electrons. The summed E-state index contributed by atoms with van der Waals surface area (Å²) in [6.45, 7) is 0. The van der Waals surface area contributed by atoms with Crippen LogP contribution in [0.3, 0.4) is 0 Å². The average Bonchev–Trinajstić information content (AvgIpc) is 3.36. The second-order valence-electron chi connectivity index (χ2n) is 6.11. The van der Waals surface area contributed by atoms with Crippen LogP contribution in [0.25, 0.3) is 11.1 Å². The lowest BCUT2D eigenvalue weighted by Gasteiger charge is -2.16. The van der Waals surface area contributed by atoms with E-state index in [-0.39, 0.29) is 5.56 Å². The van der Waals surface area contributed by atoms with Crippen molar-refractivity contribution in [3.63, 3.8) is 0 Å². The summed E-state index contributed by atoms with van der Waals surface area (Å²) in [5.74, 6) is -0.819. The van der Waals surface area contributed by atoms with Gasteiger partial charge in [0, 0.05) is 0 Å². The van der Waals surface area contributed by atoms with Gasteiger partial charge in [-0.25, -0.2) is 0 Å². The van der Waals surface area contributed by atoms with E-state index in [0.29, 0.717) is 12.8 Å². The first kappa shape index (κ1) is 16.5. The highest BCUT2D eigenvalue weighted by molar-refractivity contribution is 5.85. The molecule has 1 saturated carbocycles. The predicted octanol–water partition coefficient (Wildman–Crippen LogP) is 4.03. The molecule has 1 atom stereocenters. The molecule has 0 unspecified atom stereocenters. The summed E-state index contributed by atoms with van der Waals surface area (Å²) in [5.41, 5.74) is 6.75. The van der Waals surface area contributed by atoms with Gasteiger partial charge in [-0.15, -0.1) is 0 Å². The Balaban J connectivity index is 1.82. The average molecular weight is 335 g/mol. The van der Waals surface area contributed by atoms with Crippen molar-refractivity contribution in [2.45, 2.75) is 30.5 Å². The zero-order chi connectivity index (χ0) is 17.5. The first-order valence-corrected chi connectivity index (χ1v) is 7.51. The van der Waals surface area contributed by atoms with Crippen LogP contribution < -0.4 is 5.73 Å². The number of halogens is 3. The second kappa shape index (κ2) is 5.63. The lowest BCUT2D eigenvalue weighted by molar-refractivity contribution is -0.149. The maximum Gasteiger partial charge on any atom is 0.407 e. The number of hydrogen-bond acceptors (Lipinski definition) is 2. The summed E-state index contributed by atoms with van der Waals surface area (Å²) in [6, 6.07) is 11.0. The van der Waals surface area contributed by atoms with Crippen LogP contribution in [-0.4, -0.2) is 17.3 Å². The van der Waals surface area contributed by atoms with Crippen LogP contribution >= 0.6 is 0 Å². The molecule has 0 spiro atoms. The van der Waals surface area contributed by atoms with Crippen LogP contribution in [0.4, 0.5) is 13.2 Å². The molecule has 126 valence electrons. The molecule has 6 heteroatoms. The SMILES string of the molecule is N[C@@H](c1ccc(-c2ccc(C3(C(=O)O)CC3)cc2)cc1)C(F)(F)F. The molecule has 1 aliphatic carbocycles. The van der Waals surface area contributed by atoms with Gasteiger partial charge in [-0.1, -0.05) is 48.5 Å². The molecule has 2 aromatic carbocycles. The molecule has 0 heterocycles. The molecule has 1 aliphatic rings. The van der Waals surface area contributed by atoms with E-state index >= 15 is 0 Å². The van der Waals surface area contributed by atoms with Gasteiger partial charge in [-0.3, -0.25) is 4.79 Å². The van der Waals surface area contributed by atoms with Gasteiger partial charge < -0.3 is 10.8 Å². The molecule has 24 heavy (non-hydrogen) atoms. The van der Waals surface area contributed by atoms with E-state index in [1.54, 1.807) is 36.4 Å². The molecule has 0 saturated heterocycles. The zero-order valence-electron chi connectivity index (χ0n) is 12.7. The minimum atomic E-state index is -4.47. The third kappa shape index (κ3) is 2.89. The third-order valence-corrected chi connectivity index (χ3v) is 4.55. The first-order chi connectivity index (χ1) is 11.2. The molecular weight excluding hydrogens is 319 g/mol. The normalized spacial score (nSPS) is 17.3. The Hall–Kier alpha value is -2.34. The topological polar surface area (TPSA) is 63.3 Å². The summed E-state index contributed by atoms with van der Waals surface area (Å²) in [7, 11) is 0. The molecule has 3 N–H and O–H groups in total. The van der Waals surface area contributed by atoms with Crippen molar-refractivity contribution >= 4 is 5.97 Å². The van der Waals surface area contributed by atoms with Crippen LogP contribution in [0.15, 0.2) is 48.5 Å². The van der Waals surface area contributed by atoms with E-state index in [1.165, 1.54) is 12.1 Å². The van der Waals surface area contributed by atoms with Crippen LogP contribution in [0.2, 0.25) is 0 Å². The summed E-state index contributed by atoms with van der Waals surface area (Å²) in [5, 5.41) is 9.29. The molecule has 2 aromatic rings. The highest BCUT2D eigenvalue weighted by Gasteiger charge is 2.51. The Morgan fingerprint density at radius 1 is 1.00 bits per heavy atom. The lowest BCUT2D eigenvalue weighted by Crippen LogP contribution is -2.28. The number of alkyl halides is 3. The zero-order valence-corrected chi connectivity index (χ0v) is 12.7. The molecule has 1 fully saturated rings. The number of carbonyl (C=O) groups is 1. The van der Waals surface area contributed by atoms with Crippen molar-refractivity contribution in [1.29, 1.82) is 0 Å². The maximum atomic E-state index is 12.6. The standard InChI is InChI=1S/C18H16F3NO2/c19-18(20,21)15(22)13-3-1-11(2-4-13)12-5-7-14(8-6-12)17(9-10-17)16(23)24/h1-8,15H,9-10,22H2,(H,23,24)/t15-/m0/s1. The minimum Gasteiger partial charge on any atom is -0.481 e. The van der Waals surface area contributed by atoms with Gasteiger partial charge >= 0.3 is 12.1 Å². The lowest BCUT2D eigenvalue weighted by atomic mass is 9.93. The van der Waals surface area contributed by atoms with Crippen LogP contribution in [0.5, 0.6) is 0 Å². The number of benzene rings is 2. The van der Waals surface area contributed by atoms with Crippen molar-refractivity contribution in [3.05, 3.63) is 59.7 Å². The van der Waals surface area contributed by atoms with Crippen LogP contribution in [0.1, 0.15) is 30.0 Å². The number of carboxylic acids is 1. The maximum absolute atomic E-state index is 12.6. The van der Waals surface area contributed by atoms with Gasteiger partial charge in [0.05, 0.1) is 5.41 Å². The van der Waals surface area contributed by atoms with E-state index in [1.807, 2.05) is 0 Å². The van der Waals surface area contributed by atoms with Gasteiger partial charge in [-0.2, -0.15) is 13.2 Å². The Morgan fingerprint density at radius 3 is 1.83 bits per heavy atom. The van der Waals surface area contributed by atoms with Crippen molar-refractivity contribution in [2.75, 3.05) is 0 Å². The molecule has 3 nitrogen and oxygen atoms in total. The summed E-state index contributed by atoms with van der Waals surface area (Å²) in [6.07, 6.45) is -3.21. The number of rotatable bonds is 4. The van der Waals surface area contributed by atoms with Crippen molar-refractivity contribution < 1.29 is 23.1 Å². The highest BCUT2D eigenvalue weighted by Crippen LogP contribution is 2.48. The van der Waals surface area contributed by atoms with Gasteiger partial charge in [0.25, 0.3) is 0 Å². The Labute approximate surface area is 136 Å². The van der Waals surface area contributed by atoms with E-state index in [9.17, 15) is 23.1 Å². The van der Waals surface area contributed by atoms with Crippen LogP contribution in [-0.2, 0) is 10.2 Å². The quantitative estimate of drug-likeness (QED) is 0.886. The van der Waals surface area contributed by atoms with E-state index < -0.39 is 23.6 Å². The molecule has 0 aromatic heterocycles. The van der Waals surface area contributed by atoms with Gasteiger partial charge in [0.15, 0.2) is 0 Å². The highest BCUT2D eigenvalue weighted by atomic mass is 19.4. The summed E-state index contributed by atoms with van der Waals surface area (Å²) < 4.78 is 37.8. The van der Waals surface area contributed by atoms with Gasteiger partial charge in [-0.05, 0) is 35.1 Å². The number of carboxylic acid groups (broad SMARTS) is 1. The van der Waals surface area contributed by atoms with Crippen molar-refractivity contribution in [3.8, 4) is 11.1 Å². The minimum absolute atomic E-state index is 0.00526. The monoisotopic (exact) mass is 335 g/mol. The van der Waals surface area contributed by atoms with Crippen LogP contribution in [0, 0.1) is 0 Å². The number of nitrogens with two attached hydrogens (primary N) is 1. The summed E-state index contributed by atoms with van der Waals surface area (Å²) in [4.78, 5) is 11.3. The Morgan fingerprint density at radius 2 is 1.46 bits per heavy atom. The Kier molecular flexibility index (Phi) is 3.87. The first-order valence-electron chi connectivity index (χ1n) is 7.51. The van der Waals surface area contributed by atoms with E-state index in [4.69, 9.17) is 5.73 Å². The number of aliphatic carboxylic acids is 1. The number of hydrogen-bond donors (Lipinski definition) is 2. The summed E-state index contributed by atoms with van der Waals surface area (Å²) >= 11 is 0. The molecular formula is C18H16F3NO2. The molecule has 0 aliphatic heterocycles. The van der Waals surface area contributed by atoms with Crippen molar-refractivity contribution in [1.82, 2.24) is 0 Å². The van der Waals surface area contributed by atoms with E-state index in [2.05, 4.69) is 0 Å². The fourth-order valence-electron chi connectivity index (χ4n) is 2.80. The smallest absolute Gasteiger partial charge is 0.407 e. The second-order valence-corrected chi connectivity index (χ2v) is 6.11. The largest absolute Gasteiger partial charge is 0.481 e. The van der Waals surface area contributed by atoms with Crippen molar-refractivity contribution in [2.24, 2.45) is 5.73 Å². The van der Waals surface area contributed by atoms with E-state index in [0.717, 1.165) is 16.7 Å². The van der Waals surface area contributed by atoms with Gasteiger partial charge in [0.1, 0.15) is 6.04 Å². The molecule has 0 bridgehead atoms. The molecule has 3 rings (SSSR count). The third-order valence-electron chi connectivity index (χ3n) is 4.55.